The second-order valence-electron chi connectivity index (χ2n) is 6.54. The third-order valence-corrected chi connectivity index (χ3v) is 4.66. The number of rotatable bonds is 3. The summed E-state index contributed by atoms with van der Waals surface area (Å²) in [5.74, 6) is -0.759. The van der Waals surface area contributed by atoms with Crippen molar-refractivity contribution in [1.82, 2.24) is 0 Å². The summed E-state index contributed by atoms with van der Waals surface area (Å²) in [6.07, 6.45) is 1.78. The molecular formula is C20H21NO5. The summed E-state index contributed by atoms with van der Waals surface area (Å²) >= 11 is 0. The number of hydrogen-bond acceptors (Lipinski definition) is 5. The van der Waals surface area contributed by atoms with Gasteiger partial charge in [0.25, 0.3) is 5.91 Å². The van der Waals surface area contributed by atoms with Gasteiger partial charge in [0.2, 0.25) is 0 Å². The van der Waals surface area contributed by atoms with Crippen molar-refractivity contribution in [3.05, 3.63) is 63.2 Å². The second kappa shape index (κ2) is 7.15. The number of carbonyl (C=O) groups is 2. The van der Waals surface area contributed by atoms with E-state index in [1.165, 1.54) is 13.0 Å². The highest BCUT2D eigenvalue weighted by molar-refractivity contribution is 5.98. The lowest BCUT2D eigenvalue weighted by Gasteiger charge is -2.35. The van der Waals surface area contributed by atoms with E-state index >= 15 is 0 Å². The number of para-hydroxylation sites is 1. The molecule has 1 aliphatic heterocycles. The second-order valence-corrected chi connectivity index (χ2v) is 6.54. The molecule has 2 heterocycles. The zero-order valence-electron chi connectivity index (χ0n) is 15.1. The van der Waals surface area contributed by atoms with Crippen LogP contribution in [-0.2, 0) is 16.0 Å². The molecule has 0 radical (unpaired) electrons. The maximum Gasteiger partial charge on any atom is 0.342 e. The number of hydrogen-bond donors (Lipinski definition) is 0. The molecule has 0 saturated heterocycles. The zero-order chi connectivity index (χ0) is 18.8. The molecule has 26 heavy (non-hydrogen) atoms. The van der Waals surface area contributed by atoms with E-state index in [2.05, 4.69) is 0 Å². The Hall–Kier alpha value is -2.89. The highest BCUT2D eigenvalue weighted by Gasteiger charge is 2.29. The van der Waals surface area contributed by atoms with Crippen molar-refractivity contribution in [3.8, 4) is 0 Å². The van der Waals surface area contributed by atoms with Crippen molar-refractivity contribution in [2.75, 3.05) is 11.5 Å². The van der Waals surface area contributed by atoms with Gasteiger partial charge in [-0.05, 0) is 50.8 Å². The van der Waals surface area contributed by atoms with E-state index < -0.39 is 11.6 Å². The monoisotopic (exact) mass is 355 g/mol. The Morgan fingerprint density at radius 1 is 1.27 bits per heavy atom. The lowest BCUT2D eigenvalue weighted by Crippen LogP contribution is -2.44. The Morgan fingerprint density at radius 2 is 2.00 bits per heavy atom. The first-order valence-corrected chi connectivity index (χ1v) is 8.57. The van der Waals surface area contributed by atoms with Gasteiger partial charge in [0.1, 0.15) is 11.3 Å². The molecule has 0 saturated carbocycles. The van der Waals surface area contributed by atoms with Crippen LogP contribution in [-0.4, -0.2) is 24.5 Å². The molecule has 1 aromatic heterocycles. The van der Waals surface area contributed by atoms with Crippen LogP contribution in [0.25, 0.3) is 0 Å². The molecule has 0 aliphatic carbocycles. The van der Waals surface area contributed by atoms with Crippen LogP contribution in [0.15, 0.2) is 39.5 Å². The van der Waals surface area contributed by atoms with Crippen LogP contribution in [0.4, 0.5) is 5.69 Å². The molecule has 6 nitrogen and oxygen atoms in total. The maximum atomic E-state index is 12.7. The first-order chi connectivity index (χ1) is 12.4. The number of nitrogens with zero attached hydrogens (tertiary/aromatic N) is 1. The molecule has 0 N–H and O–H groups in total. The fraction of sp³-hybridized carbons (Fsp3) is 0.350. The van der Waals surface area contributed by atoms with Gasteiger partial charge >= 0.3 is 11.6 Å². The van der Waals surface area contributed by atoms with E-state index in [1.807, 2.05) is 31.2 Å². The van der Waals surface area contributed by atoms with Crippen molar-refractivity contribution in [1.29, 1.82) is 0 Å². The summed E-state index contributed by atoms with van der Waals surface area (Å²) in [5, 5.41) is 0. The number of anilines is 1. The van der Waals surface area contributed by atoms with Gasteiger partial charge in [0, 0.05) is 17.8 Å². The molecule has 0 fully saturated rings. The normalized spacial score (nSPS) is 16.1. The average molecular weight is 355 g/mol. The van der Waals surface area contributed by atoms with E-state index in [0.717, 1.165) is 24.1 Å². The van der Waals surface area contributed by atoms with Gasteiger partial charge < -0.3 is 14.1 Å². The first kappa shape index (κ1) is 17.9. The maximum absolute atomic E-state index is 12.7. The molecule has 136 valence electrons. The number of ether oxygens (including phenoxy) is 1. The van der Waals surface area contributed by atoms with E-state index in [4.69, 9.17) is 9.15 Å². The zero-order valence-corrected chi connectivity index (χ0v) is 15.1. The van der Waals surface area contributed by atoms with Crippen molar-refractivity contribution >= 4 is 17.6 Å². The molecule has 1 atom stereocenters. The number of aryl methyl sites for hydroxylation is 3. The molecule has 0 unspecified atom stereocenters. The van der Waals surface area contributed by atoms with Crippen LogP contribution in [0, 0.1) is 13.8 Å². The van der Waals surface area contributed by atoms with E-state index in [9.17, 15) is 14.4 Å². The number of fused-ring (bicyclic) bond motifs is 1. The summed E-state index contributed by atoms with van der Waals surface area (Å²) in [6.45, 7) is 4.77. The van der Waals surface area contributed by atoms with Gasteiger partial charge in [0.15, 0.2) is 6.61 Å². The lowest BCUT2D eigenvalue weighted by molar-refractivity contribution is -0.122. The van der Waals surface area contributed by atoms with Gasteiger partial charge in [-0.1, -0.05) is 18.2 Å². The minimum absolute atomic E-state index is 0.0364. The summed E-state index contributed by atoms with van der Waals surface area (Å²) in [4.78, 5) is 38.1. The molecule has 1 amide bonds. The van der Waals surface area contributed by atoms with Crippen molar-refractivity contribution in [2.24, 2.45) is 0 Å². The Morgan fingerprint density at radius 3 is 2.73 bits per heavy atom. The van der Waals surface area contributed by atoms with Gasteiger partial charge in [0.05, 0.1) is 0 Å². The summed E-state index contributed by atoms with van der Waals surface area (Å²) in [7, 11) is 0. The molecule has 1 aliphatic rings. The largest absolute Gasteiger partial charge is 0.452 e. The number of carbonyl (C=O) groups excluding carboxylic acids is 2. The van der Waals surface area contributed by atoms with Crippen LogP contribution in [0.3, 0.4) is 0 Å². The van der Waals surface area contributed by atoms with Gasteiger partial charge in [-0.2, -0.15) is 0 Å². The fourth-order valence-corrected chi connectivity index (χ4v) is 3.40. The lowest BCUT2D eigenvalue weighted by atomic mass is 9.96. The Balaban J connectivity index is 1.75. The van der Waals surface area contributed by atoms with Gasteiger partial charge in [-0.3, -0.25) is 4.79 Å². The molecule has 1 aromatic carbocycles. The van der Waals surface area contributed by atoms with Crippen LogP contribution < -0.4 is 10.5 Å². The van der Waals surface area contributed by atoms with Gasteiger partial charge in [-0.15, -0.1) is 0 Å². The highest BCUT2D eigenvalue weighted by Crippen LogP contribution is 2.30. The minimum Gasteiger partial charge on any atom is -0.452 e. The minimum atomic E-state index is -0.671. The van der Waals surface area contributed by atoms with Crippen LogP contribution >= 0.6 is 0 Å². The van der Waals surface area contributed by atoms with E-state index in [1.54, 1.807) is 11.8 Å². The van der Waals surface area contributed by atoms with E-state index in [0.29, 0.717) is 5.56 Å². The van der Waals surface area contributed by atoms with Crippen molar-refractivity contribution in [2.45, 2.75) is 39.7 Å². The summed E-state index contributed by atoms with van der Waals surface area (Å²) in [5.41, 5.74) is 2.11. The SMILES string of the molecule is Cc1cc(=O)oc(C)c1C(=O)OCC(=O)N1c2ccccc2CC[C@H]1C. The summed E-state index contributed by atoms with van der Waals surface area (Å²) in [6, 6.07) is 9.02. The fourth-order valence-electron chi connectivity index (χ4n) is 3.40. The Labute approximate surface area is 151 Å². The predicted molar refractivity (Wildman–Crippen MR) is 96.4 cm³/mol. The highest BCUT2D eigenvalue weighted by atomic mass is 16.5. The standard InChI is InChI=1S/C20H21NO5/c1-12-10-18(23)26-14(3)19(12)20(24)25-11-17(22)21-13(2)8-9-15-6-4-5-7-16(15)21/h4-7,10,13H,8-9,11H2,1-3H3/t13-/m1/s1. The van der Waals surface area contributed by atoms with Crippen molar-refractivity contribution in [3.63, 3.8) is 0 Å². The topological polar surface area (TPSA) is 76.8 Å². The third-order valence-electron chi connectivity index (χ3n) is 4.66. The Kier molecular flexibility index (Phi) is 4.93. The molecule has 2 aromatic rings. The molecule has 0 spiro atoms. The number of amides is 1. The van der Waals surface area contributed by atoms with Crippen molar-refractivity contribution < 1.29 is 18.7 Å². The molecule has 3 rings (SSSR count). The van der Waals surface area contributed by atoms with Crippen LogP contribution in [0.2, 0.25) is 0 Å². The van der Waals surface area contributed by atoms with Crippen LogP contribution in [0.1, 0.15) is 40.6 Å². The van der Waals surface area contributed by atoms with Gasteiger partial charge in [-0.25, -0.2) is 9.59 Å². The number of benzene rings is 1. The smallest absolute Gasteiger partial charge is 0.342 e. The predicted octanol–water partition coefficient (Wildman–Crippen LogP) is 2.78. The molecular weight excluding hydrogens is 334 g/mol. The average Bonchev–Trinajstić information content (AvgIpc) is 2.58. The number of esters is 1. The molecule has 0 bridgehead atoms. The Bertz CT molecular complexity index is 888. The summed E-state index contributed by atoms with van der Waals surface area (Å²) < 4.78 is 10.2. The van der Waals surface area contributed by atoms with Crippen LogP contribution in [0.5, 0.6) is 0 Å². The quantitative estimate of drug-likeness (QED) is 0.791. The van der Waals surface area contributed by atoms with E-state index in [-0.39, 0.29) is 29.9 Å². The molecule has 6 heteroatoms. The third kappa shape index (κ3) is 3.40. The first-order valence-electron chi connectivity index (χ1n) is 8.57.